The van der Waals surface area contributed by atoms with Crippen molar-refractivity contribution in [2.24, 2.45) is 4.99 Å². The van der Waals surface area contributed by atoms with Crippen molar-refractivity contribution in [3.8, 4) is 5.75 Å². The van der Waals surface area contributed by atoms with Crippen LogP contribution in [0.1, 0.15) is 37.8 Å². The Morgan fingerprint density at radius 1 is 1.23 bits per heavy atom. The normalized spacial score (nSPS) is 22.6. The molecular formula is C24H28N2O4. The van der Waals surface area contributed by atoms with Crippen molar-refractivity contribution in [3.63, 3.8) is 0 Å². The number of hydrogen-bond donors (Lipinski definition) is 1. The number of anilines is 1. The van der Waals surface area contributed by atoms with Crippen LogP contribution in [0.15, 0.2) is 53.5 Å². The zero-order chi connectivity index (χ0) is 21.1. The molecule has 2 atom stereocenters. The van der Waals surface area contributed by atoms with Gasteiger partial charge in [-0.1, -0.05) is 25.1 Å². The Bertz CT molecular complexity index is 940. The summed E-state index contributed by atoms with van der Waals surface area (Å²) in [6, 6.07) is 15.6. The summed E-state index contributed by atoms with van der Waals surface area (Å²) in [7, 11) is 0. The van der Waals surface area contributed by atoms with E-state index in [4.69, 9.17) is 19.6 Å². The lowest BCUT2D eigenvalue weighted by molar-refractivity contribution is -0.126. The monoisotopic (exact) mass is 408 g/mol. The Kier molecular flexibility index (Phi) is 5.77. The zero-order valence-electron chi connectivity index (χ0n) is 17.5. The minimum atomic E-state index is -0.935. The van der Waals surface area contributed by atoms with E-state index in [1.807, 2.05) is 54.3 Å². The number of carbonyl (C=O) groups is 1. The molecule has 0 fully saturated rings. The van der Waals surface area contributed by atoms with E-state index in [1.54, 1.807) is 0 Å². The third kappa shape index (κ3) is 3.56. The lowest BCUT2D eigenvalue weighted by atomic mass is 9.81. The number of hydrogen-bond acceptors (Lipinski definition) is 5. The molecule has 0 unspecified atom stereocenters. The number of aliphatic hydroxyl groups is 1. The van der Waals surface area contributed by atoms with E-state index in [9.17, 15) is 4.79 Å². The Balaban J connectivity index is 1.64. The van der Waals surface area contributed by atoms with E-state index in [2.05, 4.69) is 13.0 Å². The van der Waals surface area contributed by atoms with Gasteiger partial charge in [0.05, 0.1) is 6.61 Å². The molecule has 4 rings (SSSR count). The minimum absolute atomic E-state index is 0.00880. The van der Waals surface area contributed by atoms with E-state index in [0.717, 1.165) is 29.0 Å². The van der Waals surface area contributed by atoms with Crippen LogP contribution in [0.3, 0.4) is 0 Å². The lowest BCUT2D eigenvalue weighted by Crippen LogP contribution is -2.57. The van der Waals surface area contributed by atoms with Crippen LogP contribution in [0.25, 0.3) is 0 Å². The number of aliphatic imine (C=N–C) groups is 1. The highest BCUT2D eigenvalue weighted by Gasteiger charge is 2.54. The van der Waals surface area contributed by atoms with E-state index in [-0.39, 0.29) is 18.6 Å². The van der Waals surface area contributed by atoms with E-state index in [1.165, 1.54) is 0 Å². The molecule has 1 spiro atoms. The number of benzene rings is 2. The van der Waals surface area contributed by atoms with Gasteiger partial charge in [-0.2, -0.15) is 0 Å². The summed E-state index contributed by atoms with van der Waals surface area (Å²) in [5.74, 6) is 1.23. The number of nitrogens with zero attached hydrogens (tertiary/aromatic N) is 2. The number of fused-ring (bicyclic) bond motifs is 1. The van der Waals surface area contributed by atoms with E-state index in [0.29, 0.717) is 31.9 Å². The molecule has 0 saturated carbocycles. The van der Waals surface area contributed by atoms with Crippen LogP contribution in [0, 0.1) is 0 Å². The Morgan fingerprint density at radius 3 is 2.73 bits per heavy atom. The largest absolute Gasteiger partial charge is 0.494 e. The highest BCUT2D eigenvalue weighted by Crippen LogP contribution is 2.41. The van der Waals surface area contributed by atoms with Crippen LogP contribution >= 0.6 is 0 Å². The van der Waals surface area contributed by atoms with Crippen molar-refractivity contribution in [2.45, 2.75) is 44.8 Å². The summed E-state index contributed by atoms with van der Waals surface area (Å²) in [5, 5.41) is 8.87. The fraction of sp³-hybridized carbons (Fsp3) is 0.417. The molecular weight excluding hydrogens is 380 g/mol. The van der Waals surface area contributed by atoms with Crippen molar-refractivity contribution in [3.05, 3.63) is 59.7 Å². The summed E-state index contributed by atoms with van der Waals surface area (Å²) in [6.07, 6.45) is 1.65. The molecule has 0 radical (unpaired) electrons. The summed E-state index contributed by atoms with van der Waals surface area (Å²) in [6.45, 7) is 5.24. The van der Waals surface area contributed by atoms with Crippen LogP contribution in [0.5, 0.6) is 5.75 Å². The smallest absolute Gasteiger partial charge is 0.259 e. The topological polar surface area (TPSA) is 71.4 Å². The van der Waals surface area contributed by atoms with E-state index < -0.39 is 5.54 Å². The average molecular weight is 408 g/mol. The number of aliphatic hydroxyl groups excluding tert-OH is 1. The molecule has 2 aromatic rings. The predicted molar refractivity (Wildman–Crippen MR) is 116 cm³/mol. The van der Waals surface area contributed by atoms with Crippen LogP contribution < -0.4 is 9.64 Å². The second-order valence-corrected chi connectivity index (χ2v) is 7.81. The maximum Gasteiger partial charge on any atom is 0.259 e. The second kappa shape index (κ2) is 8.48. The summed E-state index contributed by atoms with van der Waals surface area (Å²) >= 11 is 0. The third-order valence-corrected chi connectivity index (χ3v) is 5.74. The number of rotatable bonds is 7. The molecule has 30 heavy (non-hydrogen) atoms. The van der Waals surface area contributed by atoms with Crippen molar-refractivity contribution < 1.29 is 19.4 Å². The predicted octanol–water partition coefficient (Wildman–Crippen LogP) is 3.35. The standard InChI is InChI=1S/C24H28N2O4/c1-3-13-26-21-8-5-4-7-19(21)16-24(23(26)28)17(2)30-22(25-24)18-9-11-20(12-10-18)29-15-6-14-27/h4-5,7-12,17,27H,3,6,13-16H2,1-2H3/t17-,24-/m0/s1. The minimum Gasteiger partial charge on any atom is -0.494 e. The van der Waals surface area contributed by atoms with Crippen molar-refractivity contribution in [2.75, 3.05) is 24.7 Å². The summed E-state index contributed by atoms with van der Waals surface area (Å²) in [5.41, 5.74) is 1.99. The van der Waals surface area contributed by atoms with Crippen LogP contribution in [0.2, 0.25) is 0 Å². The molecule has 158 valence electrons. The quantitative estimate of drug-likeness (QED) is 0.713. The molecule has 6 heteroatoms. The number of amides is 1. The van der Waals surface area contributed by atoms with Gasteiger partial charge < -0.3 is 19.5 Å². The van der Waals surface area contributed by atoms with Gasteiger partial charge in [0.2, 0.25) is 5.90 Å². The van der Waals surface area contributed by atoms with Gasteiger partial charge in [-0.15, -0.1) is 0 Å². The van der Waals surface area contributed by atoms with E-state index >= 15 is 0 Å². The van der Waals surface area contributed by atoms with Gasteiger partial charge in [0.25, 0.3) is 5.91 Å². The van der Waals surface area contributed by atoms with Gasteiger partial charge in [0.1, 0.15) is 11.9 Å². The Labute approximate surface area is 177 Å². The molecule has 0 bridgehead atoms. The number of ether oxygens (including phenoxy) is 2. The van der Waals surface area contributed by atoms with Crippen LogP contribution in [0.4, 0.5) is 5.69 Å². The van der Waals surface area contributed by atoms with Gasteiger partial charge in [-0.25, -0.2) is 4.99 Å². The summed E-state index contributed by atoms with van der Waals surface area (Å²) in [4.78, 5) is 20.3. The summed E-state index contributed by atoms with van der Waals surface area (Å²) < 4.78 is 11.7. The second-order valence-electron chi connectivity index (χ2n) is 7.81. The Morgan fingerprint density at radius 2 is 2.00 bits per heavy atom. The molecule has 0 saturated heterocycles. The van der Waals surface area contributed by atoms with Gasteiger partial charge in [0.15, 0.2) is 5.54 Å². The Hall–Kier alpha value is -2.86. The molecule has 0 aromatic heterocycles. The number of para-hydroxylation sites is 1. The molecule has 6 nitrogen and oxygen atoms in total. The average Bonchev–Trinajstić information content (AvgIpc) is 3.09. The molecule has 2 heterocycles. The molecule has 1 N–H and O–H groups in total. The maximum atomic E-state index is 13.6. The first kappa shape index (κ1) is 20.4. The first-order valence-electron chi connectivity index (χ1n) is 10.6. The van der Waals surface area contributed by atoms with Gasteiger partial charge in [0, 0.05) is 37.2 Å². The van der Waals surface area contributed by atoms with Crippen LogP contribution in [-0.2, 0) is 16.0 Å². The van der Waals surface area contributed by atoms with Gasteiger partial charge in [-0.3, -0.25) is 4.79 Å². The number of carbonyl (C=O) groups excluding carboxylic acids is 1. The SMILES string of the molecule is CCCN1C(=O)[C@@]2(Cc3ccccc31)N=C(c1ccc(OCCCO)cc1)O[C@H]2C. The lowest BCUT2D eigenvalue weighted by Gasteiger charge is -2.39. The molecule has 2 aromatic carbocycles. The highest BCUT2D eigenvalue weighted by molar-refractivity contribution is 6.08. The van der Waals surface area contributed by atoms with Gasteiger partial charge >= 0.3 is 0 Å². The fourth-order valence-electron chi connectivity index (χ4n) is 4.13. The maximum absolute atomic E-state index is 13.6. The fourth-order valence-corrected chi connectivity index (χ4v) is 4.13. The van der Waals surface area contributed by atoms with Crippen LogP contribution in [-0.4, -0.2) is 48.3 Å². The highest BCUT2D eigenvalue weighted by atomic mass is 16.5. The first-order chi connectivity index (χ1) is 14.6. The first-order valence-corrected chi connectivity index (χ1v) is 10.6. The van der Waals surface area contributed by atoms with Crippen molar-refractivity contribution in [1.29, 1.82) is 0 Å². The van der Waals surface area contributed by atoms with Crippen molar-refractivity contribution in [1.82, 2.24) is 0 Å². The molecule has 1 amide bonds. The molecule has 0 aliphatic carbocycles. The van der Waals surface area contributed by atoms with Crippen molar-refractivity contribution >= 4 is 17.5 Å². The zero-order valence-corrected chi connectivity index (χ0v) is 17.5. The molecule has 2 aliphatic heterocycles. The third-order valence-electron chi connectivity index (χ3n) is 5.74. The molecule has 2 aliphatic rings. The van der Waals surface area contributed by atoms with Gasteiger partial charge in [-0.05, 0) is 49.2 Å².